The number of β-amino-alcohol motifs (C(OH)–C–C–N with tert-alkyl or cyclic N) is 1. The van der Waals surface area contributed by atoms with Gasteiger partial charge in [0.05, 0.1) is 24.7 Å². The zero-order valence-corrected chi connectivity index (χ0v) is 9.44. The Morgan fingerprint density at radius 1 is 1.69 bits per heavy atom. The average molecular weight is 227 g/mol. The van der Waals surface area contributed by atoms with Crippen molar-refractivity contribution in [2.24, 2.45) is 0 Å². The van der Waals surface area contributed by atoms with Gasteiger partial charge in [-0.15, -0.1) is 0 Å². The Balaban J connectivity index is 2.10. The highest BCUT2D eigenvalue weighted by molar-refractivity contribution is 5.82. The summed E-state index contributed by atoms with van der Waals surface area (Å²) >= 11 is 0. The molecule has 0 radical (unpaired) electrons. The third kappa shape index (κ3) is 1.80. The van der Waals surface area contributed by atoms with Crippen molar-refractivity contribution in [2.45, 2.75) is 44.2 Å². The minimum Gasteiger partial charge on any atom is -0.466 e. The van der Waals surface area contributed by atoms with Crippen LogP contribution in [0.5, 0.6) is 0 Å². The number of rotatable bonds is 3. The number of hydrogen-bond acceptors (Lipinski definition) is 4. The molecule has 2 saturated heterocycles. The maximum absolute atomic E-state index is 11.6. The number of aliphatic hydroxyl groups excluding tert-OH is 1. The van der Waals surface area contributed by atoms with E-state index in [0.29, 0.717) is 32.4 Å². The molecule has 5 nitrogen and oxygen atoms in total. The van der Waals surface area contributed by atoms with Crippen LogP contribution in [0.15, 0.2) is 0 Å². The van der Waals surface area contributed by atoms with Gasteiger partial charge in [-0.1, -0.05) is 0 Å². The van der Waals surface area contributed by atoms with Gasteiger partial charge in [-0.05, 0) is 19.8 Å². The van der Waals surface area contributed by atoms with Crippen molar-refractivity contribution >= 4 is 11.9 Å². The van der Waals surface area contributed by atoms with Gasteiger partial charge in [0.2, 0.25) is 5.91 Å². The molecule has 2 rings (SSSR count). The van der Waals surface area contributed by atoms with E-state index < -0.39 is 11.6 Å². The lowest BCUT2D eigenvalue weighted by Gasteiger charge is -2.30. The minimum absolute atomic E-state index is 0.0425. The topological polar surface area (TPSA) is 66.8 Å². The molecule has 16 heavy (non-hydrogen) atoms. The molecule has 2 heterocycles. The van der Waals surface area contributed by atoms with Crippen LogP contribution in [0.3, 0.4) is 0 Å². The van der Waals surface area contributed by atoms with Gasteiger partial charge in [0.1, 0.15) is 0 Å². The van der Waals surface area contributed by atoms with Crippen LogP contribution >= 0.6 is 0 Å². The maximum Gasteiger partial charge on any atom is 0.308 e. The Labute approximate surface area is 94.4 Å². The van der Waals surface area contributed by atoms with E-state index in [9.17, 15) is 14.7 Å². The highest BCUT2D eigenvalue weighted by Crippen LogP contribution is 2.42. The molecule has 2 aliphatic rings. The van der Waals surface area contributed by atoms with Crippen LogP contribution in [0.1, 0.15) is 32.6 Å². The van der Waals surface area contributed by atoms with Crippen LogP contribution in [-0.4, -0.2) is 46.7 Å². The fourth-order valence-corrected chi connectivity index (χ4v) is 2.83. The summed E-state index contributed by atoms with van der Waals surface area (Å²) in [5.74, 6) is -0.239. The first kappa shape index (κ1) is 11.4. The number of esters is 1. The fourth-order valence-electron chi connectivity index (χ4n) is 2.83. The van der Waals surface area contributed by atoms with Gasteiger partial charge in [-0.3, -0.25) is 9.59 Å². The maximum atomic E-state index is 11.6. The van der Waals surface area contributed by atoms with Crippen molar-refractivity contribution in [3.05, 3.63) is 0 Å². The standard InChI is InChI=1S/C11H17NO4/c1-2-16-10(15)6-11-4-3-9(14)12(11)7-8(13)5-11/h8,13H,2-7H2,1H3/t8-,11-/m0/s1. The Morgan fingerprint density at radius 3 is 3.12 bits per heavy atom. The lowest BCUT2D eigenvalue weighted by Crippen LogP contribution is -2.42. The van der Waals surface area contributed by atoms with Gasteiger partial charge in [-0.25, -0.2) is 0 Å². The number of ether oxygens (including phenoxy) is 1. The van der Waals surface area contributed by atoms with Crippen molar-refractivity contribution < 1.29 is 19.4 Å². The number of carbonyl (C=O) groups excluding carboxylic acids is 2. The second-order valence-corrected chi connectivity index (χ2v) is 4.57. The van der Waals surface area contributed by atoms with Crippen molar-refractivity contribution in [2.75, 3.05) is 13.2 Å². The third-order valence-corrected chi connectivity index (χ3v) is 3.47. The summed E-state index contributed by atoms with van der Waals surface area (Å²) in [4.78, 5) is 24.8. The third-order valence-electron chi connectivity index (χ3n) is 3.47. The number of carbonyl (C=O) groups is 2. The lowest BCUT2D eigenvalue weighted by atomic mass is 9.90. The molecule has 0 aromatic carbocycles. The van der Waals surface area contributed by atoms with E-state index in [0.717, 1.165) is 0 Å². The van der Waals surface area contributed by atoms with Gasteiger partial charge in [-0.2, -0.15) is 0 Å². The largest absolute Gasteiger partial charge is 0.466 e. The van der Waals surface area contributed by atoms with Crippen LogP contribution in [0.2, 0.25) is 0 Å². The van der Waals surface area contributed by atoms with Crippen LogP contribution in [0, 0.1) is 0 Å². The molecule has 1 amide bonds. The molecule has 0 aliphatic carbocycles. The van der Waals surface area contributed by atoms with E-state index in [1.54, 1.807) is 11.8 Å². The SMILES string of the molecule is CCOC(=O)C[C@@]12CCC(=O)N1C[C@@H](O)C2. The molecule has 0 aromatic rings. The summed E-state index contributed by atoms with van der Waals surface area (Å²) in [5, 5.41) is 9.61. The highest BCUT2D eigenvalue weighted by Gasteiger charge is 2.52. The lowest BCUT2D eigenvalue weighted by molar-refractivity contribution is -0.146. The molecule has 5 heteroatoms. The second kappa shape index (κ2) is 4.05. The van der Waals surface area contributed by atoms with Gasteiger partial charge >= 0.3 is 5.97 Å². The molecular formula is C11H17NO4. The van der Waals surface area contributed by atoms with Crippen LogP contribution in [0.4, 0.5) is 0 Å². The summed E-state index contributed by atoms with van der Waals surface area (Å²) in [6, 6.07) is 0. The molecule has 90 valence electrons. The zero-order valence-electron chi connectivity index (χ0n) is 9.44. The Kier molecular flexibility index (Phi) is 2.88. The first-order valence-corrected chi connectivity index (χ1v) is 5.71. The van der Waals surface area contributed by atoms with E-state index in [2.05, 4.69) is 0 Å². The molecular weight excluding hydrogens is 210 g/mol. The van der Waals surface area contributed by atoms with Crippen LogP contribution < -0.4 is 0 Å². The normalized spacial score (nSPS) is 33.0. The Bertz CT molecular complexity index is 317. The molecule has 0 saturated carbocycles. The number of hydrogen-bond donors (Lipinski definition) is 1. The monoisotopic (exact) mass is 227 g/mol. The average Bonchev–Trinajstić information content (AvgIpc) is 2.65. The van der Waals surface area contributed by atoms with Crippen LogP contribution in [-0.2, 0) is 14.3 Å². The molecule has 2 aliphatic heterocycles. The molecule has 2 fully saturated rings. The number of nitrogens with zero attached hydrogens (tertiary/aromatic N) is 1. The summed E-state index contributed by atoms with van der Waals surface area (Å²) < 4.78 is 4.92. The van der Waals surface area contributed by atoms with E-state index in [-0.39, 0.29) is 18.3 Å². The molecule has 0 unspecified atom stereocenters. The Morgan fingerprint density at radius 2 is 2.44 bits per heavy atom. The fraction of sp³-hybridized carbons (Fsp3) is 0.818. The van der Waals surface area contributed by atoms with Gasteiger partial charge in [0.15, 0.2) is 0 Å². The molecule has 0 aromatic heterocycles. The zero-order chi connectivity index (χ0) is 11.8. The molecule has 0 bridgehead atoms. The number of amides is 1. The first-order valence-electron chi connectivity index (χ1n) is 5.71. The summed E-state index contributed by atoms with van der Waals surface area (Å²) in [7, 11) is 0. The van der Waals surface area contributed by atoms with Crippen molar-refractivity contribution in [3.63, 3.8) is 0 Å². The molecule has 0 spiro atoms. The summed E-state index contributed by atoms with van der Waals surface area (Å²) in [6.45, 7) is 2.47. The number of aliphatic hydroxyl groups is 1. The van der Waals surface area contributed by atoms with Gasteiger partial charge in [0, 0.05) is 13.0 Å². The Hall–Kier alpha value is -1.10. The predicted molar refractivity (Wildman–Crippen MR) is 55.6 cm³/mol. The first-order chi connectivity index (χ1) is 7.57. The van der Waals surface area contributed by atoms with Crippen molar-refractivity contribution in [1.82, 2.24) is 4.90 Å². The van der Waals surface area contributed by atoms with Crippen molar-refractivity contribution in [1.29, 1.82) is 0 Å². The van der Waals surface area contributed by atoms with E-state index in [4.69, 9.17) is 4.74 Å². The van der Waals surface area contributed by atoms with E-state index in [1.165, 1.54) is 0 Å². The quantitative estimate of drug-likeness (QED) is 0.693. The van der Waals surface area contributed by atoms with Crippen molar-refractivity contribution in [3.8, 4) is 0 Å². The summed E-state index contributed by atoms with van der Waals surface area (Å²) in [5.41, 5.74) is -0.469. The molecule has 2 atom stereocenters. The predicted octanol–water partition coefficient (Wildman–Crippen LogP) is 0.0654. The highest BCUT2D eigenvalue weighted by atomic mass is 16.5. The van der Waals surface area contributed by atoms with E-state index >= 15 is 0 Å². The van der Waals surface area contributed by atoms with Gasteiger partial charge in [0.25, 0.3) is 0 Å². The molecule has 1 N–H and O–H groups in total. The minimum atomic E-state index is -0.501. The van der Waals surface area contributed by atoms with E-state index in [1.807, 2.05) is 0 Å². The van der Waals surface area contributed by atoms with Crippen LogP contribution in [0.25, 0.3) is 0 Å². The van der Waals surface area contributed by atoms with Gasteiger partial charge < -0.3 is 14.7 Å². The smallest absolute Gasteiger partial charge is 0.308 e. The number of fused-ring (bicyclic) bond motifs is 1. The summed E-state index contributed by atoms with van der Waals surface area (Å²) in [6.07, 6.45) is 1.34. The second-order valence-electron chi connectivity index (χ2n) is 4.57.